The zero-order valence-electron chi connectivity index (χ0n) is 9.88. The van der Waals surface area contributed by atoms with E-state index >= 15 is 0 Å². The van der Waals surface area contributed by atoms with Crippen molar-refractivity contribution >= 4 is 23.2 Å². The Morgan fingerprint density at radius 3 is 2.74 bits per heavy atom. The summed E-state index contributed by atoms with van der Waals surface area (Å²) in [7, 11) is 0. The van der Waals surface area contributed by atoms with Gasteiger partial charge in [-0.15, -0.1) is 0 Å². The molecule has 0 aliphatic rings. The first kappa shape index (κ1) is 13.4. The van der Waals surface area contributed by atoms with Crippen molar-refractivity contribution < 1.29 is 13.6 Å². The minimum absolute atomic E-state index is 0.0471. The molecule has 19 heavy (non-hydrogen) atoms. The van der Waals surface area contributed by atoms with E-state index in [0.29, 0.717) is 5.56 Å². The van der Waals surface area contributed by atoms with E-state index in [9.17, 15) is 13.6 Å². The molecular weight excluding hydrogens is 274 g/mol. The third-order valence-electron chi connectivity index (χ3n) is 2.51. The van der Waals surface area contributed by atoms with Gasteiger partial charge < -0.3 is 5.32 Å². The molecule has 0 spiro atoms. The number of aryl methyl sites for hydroxylation is 1. The smallest absolute Gasteiger partial charge is 0.258 e. The van der Waals surface area contributed by atoms with Gasteiger partial charge in [0.25, 0.3) is 5.91 Å². The number of carbonyl (C=O) groups excluding carboxylic acids is 1. The molecule has 0 aliphatic heterocycles. The van der Waals surface area contributed by atoms with Crippen LogP contribution in [0.3, 0.4) is 0 Å². The molecule has 3 nitrogen and oxygen atoms in total. The first-order valence-electron chi connectivity index (χ1n) is 5.35. The van der Waals surface area contributed by atoms with E-state index in [1.807, 2.05) is 0 Å². The summed E-state index contributed by atoms with van der Waals surface area (Å²) in [5.74, 6) is -1.89. The van der Waals surface area contributed by atoms with E-state index in [4.69, 9.17) is 11.6 Å². The molecule has 0 radical (unpaired) electrons. The number of aromatic nitrogens is 1. The van der Waals surface area contributed by atoms with Gasteiger partial charge in [0.05, 0.1) is 22.5 Å². The Labute approximate surface area is 113 Å². The van der Waals surface area contributed by atoms with Crippen LogP contribution in [0.2, 0.25) is 5.02 Å². The summed E-state index contributed by atoms with van der Waals surface area (Å²) in [6.45, 7) is 1.54. The molecule has 0 bridgehead atoms. The van der Waals surface area contributed by atoms with Crippen LogP contribution in [0, 0.1) is 18.6 Å². The molecule has 98 valence electrons. The van der Waals surface area contributed by atoms with Crippen molar-refractivity contribution in [3.63, 3.8) is 0 Å². The van der Waals surface area contributed by atoms with E-state index < -0.39 is 17.5 Å². The maximum Gasteiger partial charge on any atom is 0.258 e. The fraction of sp³-hybridized carbons (Fsp3) is 0.0769. The van der Waals surface area contributed by atoms with Crippen molar-refractivity contribution in [2.45, 2.75) is 6.92 Å². The molecule has 2 aromatic rings. The summed E-state index contributed by atoms with van der Waals surface area (Å²) in [6.07, 6.45) is 2.24. The van der Waals surface area contributed by atoms with Crippen LogP contribution in [0.1, 0.15) is 15.9 Å². The lowest BCUT2D eigenvalue weighted by atomic mass is 10.2. The quantitative estimate of drug-likeness (QED) is 0.915. The molecule has 0 saturated carbocycles. The summed E-state index contributed by atoms with van der Waals surface area (Å²) in [5, 5.41) is 2.48. The Morgan fingerprint density at radius 1 is 1.32 bits per heavy atom. The van der Waals surface area contributed by atoms with E-state index in [1.165, 1.54) is 25.3 Å². The van der Waals surface area contributed by atoms with Crippen LogP contribution in [0.15, 0.2) is 30.6 Å². The number of halogens is 3. The van der Waals surface area contributed by atoms with Crippen LogP contribution >= 0.6 is 11.6 Å². The zero-order valence-corrected chi connectivity index (χ0v) is 10.6. The second-order valence-corrected chi connectivity index (χ2v) is 4.30. The van der Waals surface area contributed by atoms with Crippen LogP contribution < -0.4 is 5.32 Å². The number of benzene rings is 1. The molecule has 1 aromatic carbocycles. The summed E-state index contributed by atoms with van der Waals surface area (Å²) >= 11 is 5.81. The monoisotopic (exact) mass is 282 g/mol. The molecule has 1 N–H and O–H groups in total. The van der Waals surface area contributed by atoms with Gasteiger partial charge in [0.2, 0.25) is 0 Å². The Morgan fingerprint density at radius 2 is 2.05 bits per heavy atom. The normalized spacial score (nSPS) is 10.3. The Balaban J connectivity index is 2.30. The van der Waals surface area contributed by atoms with Gasteiger partial charge in [-0.05, 0) is 30.7 Å². The van der Waals surface area contributed by atoms with Crippen LogP contribution in [0.25, 0.3) is 0 Å². The van der Waals surface area contributed by atoms with Crippen molar-refractivity contribution in [2.75, 3.05) is 5.32 Å². The lowest BCUT2D eigenvalue weighted by molar-refractivity contribution is 0.102. The topological polar surface area (TPSA) is 42.0 Å². The van der Waals surface area contributed by atoms with Crippen LogP contribution in [-0.4, -0.2) is 10.9 Å². The predicted molar refractivity (Wildman–Crippen MR) is 68.3 cm³/mol. The third-order valence-corrected chi connectivity index (χ3v) is 2.83. The maximum atomic E-state index is 13.4. The highest BCUT2D eigenvalue weighted by Gasteiger charge is 2.14. The third kappa shape index (κ3) is 2.88. The van der Waals surface area contributed by atoms with E-state index in [0.717, 1.165) is 12.3 Å². The van der Waals surface area contributed by atoms with Gasteiger partial charge >= 0.3 is 0 Å². The van der Waals surface area contributed by atoms with E-state index in [1.54, 1.807) is 0 Å². The van der Waals surface area contributed by atoms with Crippen molar-refractivity contribution in [3.05, 3.63) is 58.4 Å². The largest absolute Gasteiger partial charge is 0.321 e. The molecule has 0 unspecified atom stereocenters. The van der Waals surface area contributed by atoms with Crippen molar-refractivity contribution in [1.29, 1.82) is 0 Å². The van der Waals surface area contributed by atoms with Crippen LogP contribution in [-0.2, 0) is 0 Å². The number of carbonyl (C=O) groups is 1. The van der Waals surface area contributed by atoms with E-state index in [-0.39, 0.29) is 16.3 Å². The summed E-state index contributed by atoms with van der Waals surface area (Å²) < 4.78 is 26.6. The number of nitrogens with one attached hydrogen (secondary N) is 1. The molecular formula is C13H9ClF2N2O. The maximum absolute atomic E-state index is 13.4. The van der Waals surface area contributed by atoms with Crippen molar-refractivity contribution in [3.8, 4) is 0 Å². The summed E-state index contributed by atoms with van der Waals surface area (Å²) in [5.41, 5.74) is 0.393. The number of anilines is 1. The van der Waals surface area contributed by atoms with Crippen molar-refractivity contribution in [2.24, 2.45) is 0 Å². The van der Waals surface area contributed by atoms with E-state index in [2.05, 4.69) is 10.3 Å². The summed E-state index contributed by atoms with van der Waals surface area (Å²) in [4.78, 5) is 15.4. The number of amides is 1. The average molecular weight is 283 g/mol. The molecule has 6 heteroatoms. The Hall–Kier alpha value is -2.01. The second kappa shape index (κ2) is 5.32. The van der Waals surface area contributed by atoms with Gasteiger partial charge in [-0.25, -0.2) is 8.78 Å². The lowest BCUT2D eigenvalue weighted by Crippen LogP contribution is -2.14. The number of hydrogen-bond acceptors (Lipinski definition) is 2. The number of pyridine rings is 1. The first-order valence-corrected chi connectivity index (χ1v) is 5.73. The Bertz CT molecular complexity index is 647. The number of hydrogen-bond donors (Lipinski definition) is 1. The standard InChI is InChI=1S/C13H9ClF2N2O/c1-7-4-12(9(14)5-10(7)15)18-13(19)8-2-3-17-6-11(8)16/h2-6H,1H3,(H,18,19). The molecule has 0 aliphatic carbocycles. The van der Waals surface area contributed by atoms with Crippen molar-refractivity contribution in [1.82, 2.24) is 4.98 Å². The fourth-order valence-electron chi connectivity index (χ4n) is 1.50. The minimum atomic E-state index is -0.741. The first-order chi connectivity index (χ1) is 8.99. The SMILES string of the molecule is Cc1cc(NC(=O)c2ccncc2F)c(Cl)cc1F. The summed E-state index contributed by atoms with van der Waals surface area (Å²) in [6, 6.07) is 3.72. The van der Waals surface area contributed by atoms with Gasteiger partial charge in [0.15, 0.2) is 5.82 Å². The van der Waals surface area contributed by atoms with Gasteiger partial charge in [-0.3, -0.25) is 9.78 Å². The molecule has 0 atom stereocenters. The lowest BCUT2D eigenvalue weighted by Gasteiger charge is -2.09. The molecule has 0 fully saturated rings. The highest BCUT2D eigenvalue weighted by molar-refractivity contribution is 6.34. The minimum Gasteiger partial charge on any atom is -0.321 e. The Kier molecular flexibility index (Phi) is 3.76. The molecule has 0 saturated heterocycles. The molecule has 1 amide bonds. The van der Waals surface area contributed by atoms with Crippen LogP contribution in [0.4, 0.5) is 14.5 Å². The predicted octanol–water partition coefficient (Wildman–Crippen LogP) is 3.57. The molecule has 1 heterocycles. The number of nitrogens with zero attached hydrogens (tertiary/aromatic N) is 1. The fourth-order valence-corrected chi connectivity index (χ4v) is 1.70. The highest BCUT2D eigenvalue weighted by atomic mass is 35.5. The van der Waals surface area contributed by atoms with Gasteiger partial charge in [0.1, 0.15) is 5.82 Å². The van der Waals surface area contributed by atoms with Crippen LogP contribution in [0.5, 0.6) is 0 Å². The molecule has 1 aromatic heterocycles. The zero-order chi connectivity index (χ0) is 14.0. The highest BCUT2D eigenvalue weighted by Crippen LogP contribution is 2.25. The second-order valence-electron chi connectivity index (χ2n) is 3.89. The molecule has 2 rings (SSSR count). The average Bonchev–Trinajstić information content (AvgIpc) is 2.36. The van der Waals surface area contributed by atoms with Gasteiger partial charge in [0, 0.05) is 6.20 Å². The van der Waals surface area contributed by atoms with Gasteiger partial charge in [-0.1, -0.05) is 11.6 Å². The number of rotatable bonds is 2. The van der Waals surface area contributed by atoms with Gasteiger partial charge in [-0.2, -0.15) is 0 Å².